The lowest BCUT2D eigenvalue weighted by Gasteiger charge is -2.24. The molecule has 0 saturated carbocycles. The lowest BCUT2D eigenvalue weighted by Crippen LogP contribution is -2.48. The number of hydrogen-bond acceptors (Lipinski definition) is 4. The van der Waals surface area contributed by atoms with E-state index in [1.165, 1.54) is 6.42 Å². The molecule has 23 heavy (non-hydrogen) atoms. The van der Waals surface area contributed by atoms with Crippen LogP contribution in [0.25, 0.3) is 0 Å². The molecule has 0 spiro atoms. The number of benzene rings is 1. The van der Waals surface area contributed by atoms with Crippen LogP contribution in [0.5, 0.6) is 5.75 Å². The summed E-state index contributed by atoms with van der Waals surface area (Å²) in [4.78, 5) is 12.0. The minimum absolute atomic E-state index is 0.178. The number of thiocarbonyl (C=S) groups is 1. The predicted molar refractivity (Wildman–Crippen MR) is 91.3 cm³/mol. The lowest BCUT2D eigenvalue weighted by molar-refractivity contribution is -0.135. The van der Waals surface area contributed by atoms with Gasteiger partial charge in [0.15, 0.2) is 5.11 Å². The van der Waals surface area contributed by atoms with E-state index in [1.807, 2.05) is 24.3 Å². The van der Waals surface area contributed by atoms with Gasteiger partial charge in [0.05, 0.1) is 12.5 Å². The molecule has 2 fully saturated rings. The van der Waals surface area contributed by atoms with Crippen molar-refractivity contribution in [3.05, 3.63) is 29.8 Å². The topological polar surface area (TPSA) is 59.6 Å². The van der Waals surface area contributed by atoms with Crippen molar-refractivity contribution in [3.63, 3.8) is 0 Å². The Hall–Kier alpha value is -1.66. The second-order valence-electron chi connectivity index (χ2n) is 6.06. The van der Waals surface area contributed by atoms with Crippen LogP contribution in [-0.4, -0.2) is 30.8 Å². The van der Waals surface area contributed by atoms with Crippen LogP contribution in [0, 0.1) is 5.92 Å². The molecule has 0 amide bonds. The minimum atomic E-state index is -0.215. The van der Waals surface area contributed by atoms with Gasteiger partial charge in [0.1, 0.15) is 5.75 Å². The normalized spacial score (nSPS) is 22.1. The first kappa shape index (κ1) is 16.2. The van der Waals surface area contributed by atoms with Crippen LogP contribution in [-0.2, 0) is 9.53 Å². The molecule has 0 radical (unpaired) electrons. The van der Waals surface area contributed by atoms with Gasteiger partial charge in [0.25, 0.3) is 0 Å². The molecule has 2 aliphatic heterocycles. The van der Waals surface area contributed by atoms with Crippen molar-refractivity contribution >= 4 is 23.3 Å². The molecule has 124 valence electrons. The molecule has 2 saturated heterocycles. The Morgan fingerprint density at radius 3 is 2.61 bits per heavy atom. The van der Waals surface area contributed by atoms with Crippen molar-refractivity contribution in [2.75, 3.05) is 19.7 Å². The highest BCUT2D eigenvalue weighted by atomic mass is 32.1. The summed E-state index contributed by atoms with van der Waals surface area (Å²) in [5.41, 5.74) is 1.15. The van der Waals surface area contributed by atoms with E-state index in [4.69, 9.17) is 21.7 Å². The van der Waals surface area contributed by atoms with Gasteiger partial charge in [-0.2, -0.15) is 0 Å². The SMILES string of the molecule is O=C(CC1CNC(=S)NC1)Oc1ccc(C2CCCCO2)cc1. The van der Waals surface area contributed by atoms with Crippen molar-refractivity contribution in [1.29, 1.82) is 0 Å². The Labute approximate surface area is 141 Å². The minimum Gasteiger partial charge on any atom is -0.427 e. The average molecular weight is 334 g/mol. The smallest absolute Gasteiger partial charge is 0.311 e. The summed E-state index contributed by atoms with van der Waals surface area (Å²) in [5.74, 6) is 0.569. The molecule has 0 aliphatic carbocycles. The second-order valence-corrected chi connectivity index (χ2v) is 6.47. The van der Waals surface area contributed by atoms with Crippen LogP contribution in [0.4, 0.5) is 0 Å². The van der Waals surface area contributed by atoms with Gasteiger partial charge in [-0.25, -0.2) is 0 Å². The zero-order chi connectivity index (χ0) is 16.1. The maximum atomic E-state index is 12.0. The zero-order valence-electron chi connectivity index (χ0n) is 13.0. The van der Waals surface area contributed by atoms with Gasteiger partial charge in [-0.05, 0) is 49.2 Å². The second kappa shape index (κ2) is 7.75. The number of rotatable bonds is 4. The maximum absolute atomic E-state index is 12.0. The van der Waals surface area contributed by atoms with Crippen LogP contribution in [0.2, 0.25) is 0 Å². The Morgan fingerprint density at radius 1 is 1.22 bits per heavy atom. The Morgan fingerprint density at radius 2 is 1.96 bits per heavy atom. The molecule has 3 rings (SSSR count). The molecule has 5 nitrogen and oxygen atoms in total. The van der Waals surface area contributed by atoms with Gasteiger partial charge >= 0.3 is 5.97 Å². The Bertz CT molecular complexity index is 545. The van der Waals surface area contributed by atoms with Gasteiger partial charge in [0, 0.05) is 25.6 Å². The summed E-state index contributed by atoms with van der Waals surface area (Å²) in [7, 11) is 0. The fraction of sp³-hybridized carbons (Fsp3) is 0.529. The van der Waals surface area contributed by atoms with Crippen molar-refractivity contribution in [2.24, 2.45) is 5.92 Å². The van der Waals surface area contributed by atoms with E-state index in [0.29, 0.717) is 30.4 Å². The molecule has 0 aromatic heterocycles. The van der Waals surface area contributed by atoms with E-state index < -0.39 is 0 Å². The van der Waals surface area contributed by atoms with Crippen molar-refractivity contribution in [3.8, 4) is 5.75 Å². The van der Waals surface area contributed by atoms with Crippen LogP contribution < -0.4 is 15.4 Å². The highest BCUT2D eigenvalue weighted by Crippen LogP contribution is 2.28. The number of carbonyl (C=O) groups is 1. The van der Waals surface area contributed by atoms with Gasteiger partial charge in [-0.1, -0.05) is 12.1 Å². The van der Waals surface area contributed by atoms with E-state index in [-0.39, 0.29) is 18.0 Å². The summed E-state index contributed by atoms with van der Waals surface area (Å²) < 4.78 is 11.2. The van der Waals surface area contributed by atoms with Gasteiger partial charge in [-0.3, -0.25) is 4.79 Å². The third-order valence-corrected chi connectivity index (χ3v) is 4.51. The summed E-state index contributed by atoms with van der Waals surface area (Å²) in [6, 6.07) is 7.66. The fourth-order valence-corrected chi connectivity index (χ4v) is 3.08. The summed E-state index contributed by atoms with van der Waals surface area (Å²) in [6.07, 6.45) is 3.95. The lowest BCUT2D eigenvalue weighted by atomic mass is 10.0. The molecular weight excluding hydrogens is 312 g/mol. The Balaban J connectivity index is 1.49. The maximum Gasteiger partial charge on any atom is 0.311 e. The quantitative estimate of drug-likeness (QED) is 0.501. The summed E-state index contributed by atoms with van der Waals surface area (Å²) in [5, 5.41) is 6.74. The van der Waals surface area contributed by atoms with E-state index in [1.54, 1.807) is 0 Å². The molecule has 1 aromatic rings. The van der Waals surface area contributed by atoms with Crippen molar-refractivity contribution in [1.82, 2.24) is 10.6 Å². The number of nitrogens with one attached hydrogen (secondary N) is 2. The van der Waals surface area contributed by atoms with E-state index in [9.17, 15) is 4.79 Å². The van der Waals surface area contributed by atoms with Crippen molar-refractivity contribution < 1.29 is 14.3 Å². The fourth-order valence-electron chi connectivity index (χ4n) is 2.92. The molecule has 2 heterocycles. The molecule has 2 aliphatic rings. The highest BCUT2D eigenvalue weighted by Gasteiger charge is 2.20. The van der Waals surface area contributed by atoms with Gasteiger partial charge in [0.2, 0.25) is 0 Å². The van der Waals surface area contributed by atoms with E-state index in [0.717, 1.165) is 25.0 Å². The molecular formula is C17H22N2O3S. The van der Waals surface area contributed by atoms with E-state index in [2.05, 4.69) is 10.6 Å². The number of esters is 1. The summed E-state index contributed by atoms with van der Waals surface area (Å²) in [6.45, 7) is 2.24. The first-order valence-electron chi connectivity index (χ1n) is 8.14. The Kier molecular flexibility index (Phi) is 5.46. The standard InChI is InChI=1S/C17H22N2O3S/c20-16(9-12-10-18-17(23)19-11-12)22-14-6-4-13(5-7-14)15-3-1-2-8-21-15/h4-7,12,15H,1-3,8-11H2,(H2,18,19,23). The molecule has 6 heteroatoms. The molecule has 1 atom stereocenters. The molecule has 1 aromatic carbocycles. The number of carbonyl (C=O) groups excluding carboxylic acids is 1. The predicted octanol–water partition coefficient (Wildman–Crippen LogP) is 2.32. The molecule has 0 bridgehead atoms. The third-order valence-electron chi connectivity index (χ3n) is 4.22. The van der Waals surface area contributed by atoms with Crippen LogP contribution in [0.3, 0.4) is 0 Å². The van der Waals surface area contributed by atoms with Crippen molar-refractivity contribution in [2.45, 2.75) is 31.8 Å². The third kappa shape index (κ3) is 4.65. The number of ether oxygens (including phenoxy) is 2. The first-order valence-corrected chi connectivity index (χ1v) is 8.55. The zero-order valence-corrected chi connectivity index (χ0v) is 13.9. The molecule has 1 unspecified atom stereocenters. The molecule has 2 N–H and O–H groups in total. The van der Waals surface area contributed by atoms with Gasteiger partial charge < -0.3 is 20.1 Å². The van der Waals surface area contributed by atoms with Crippen LogP contribution in [0.15, 0.2) is 24.3 Å². The monoisotopic (exact) mass is 334 g/mol. The van der Waals surface area contributed by atoms with Crippen LogP contribution in [0.1, 0.15) is 37.4 Å². The van der Waals surface area contributed by atoms with Gasteiger partial charge in [-0.15, -0.1) is 0 Å². The largest absolute Gasteiger partial charge is 0.427 e. The first-order chi connectivity index (χ1) is 11.2. The van der Waals surface area contributed by atoms with Crippen LogP contribution >= 0.6 is 12.2 Å². The number of hydrogen-bond donors (Lipinski definition) is 2. The van der Waals surface area contributed by atoms with E-state index >= 15 is 0 Å². The highest BCUT2D eigenvalue weighted by molar-refractivity contribution is 7.80. The average Bonchev–Trinajstić information content (AvgIpc) is 2.58. The summed E-state index contributed by atoms with van der Waals surface area (Å²) >= 11 is 4.99.